The number of fused-ring (bicyclic) bond motifs is 1. The average molecular weight is 213 g/mol. The summed E-state index contributed by atoms with van der Waals surface area (Å²) in [6.45, 7) is 2.10. The highest BCUT2D eigenvalue weighted by Crippen LogP contribution is 2.20. The number of hydrogen-bond donors (Lipinski definition) is 2. The van der Waals surface area contributed by atoms with Gasteiger partial charge >= 0.3 is 0 Å². The van der Waals surface area contributed by atoms with E-state index < -0.39 is 0 Å². The average Bonchev–Trinajstić information content (AvgIpc) is 2.39. The second kappa shape index (κ2) is 4.71. The van der Waals surface area contributed by atoms with Crippen LogP contribution < -0.4 is 0 Å². The summed E-state index contributed by atoms with van der Waals surface area (Å²) in [4.78, 5) is 3.33. The quantitative estimate of drug-likeness (QED) is 0.746. The summed E-state index contributed by atoms with van der Waals surface area (Å²) >= 11 is 0. The molecule has 1 aromatic heterocycles. The summed E-state index contributed by atoms with van der Waals surface area (Å²) in [6, 6.07) is 15.3. The van der Waals surface area contributed by atoms with Gasteiger partial charge in [0.25, 0.3) is 0 Å². The van der Waals surface area contributed by atoms with Crippen molar-refractivity contribution in [2.75, 3.05) is 0 Å². The molecule has 16 heavy (non-hydrogen) atoms. The Balaban J connectivity index is 2.86. The smallest absolute Gasteiger partial charge is 0.124 e. The lowest BCUT2D eigenvalue weighted by Gasteiger charge is -1.99. The highest BCUT2D eigenvalue weighted by molar-refractivity contribution is 5.83. The van der Waals surface area contributed by atoms with Gasteiger partial charge in [-0.2, -0.15) is 0 Å². The summed E-state index contributed by atoms with van der Waals surface area (Å²) in [6.07, 6.45) is 0.930. The van der Waals surface area contributed by atoms with Crippen molar-refractivity contribution in [3.8, 4) is 5.75 Å². The van der Waals surface area contributed by atoms with Crippen molar-refractivity contribution in [2.45, 2.75) is 13.3 Å². The SMILES string of the molecule is CCc1cccccc2c(O)cccc2[nH]1. The number of phenols is 1. The highest BCUT2D eigenvalue weighted by atomic mass is 16.3. The first kappa shape index (κ1) is 10.6. The van der Waals surface area contributed by atoms with Crippen LogP contribution in [0.5, 0.6) is 5.75 Å². The fourth-order valence-corrected chi connectivity index (χ4v) is 1.65. The predicted octanol–water partition coefficient (Wildman–Crippen LogP) is 3.56. The molecule has 82 valence electrons. The largest absolute Gasteiger partial charge is 0.507 e. The van der Waals surface area contributed by atoms with Gasteiger partial charge in [-0.15, -0.1) is 0 Å². The van der Waals surface area contributed by atoms with Gasteiger partial charge in [0.2, 0.25) is 0 Å². The summed E-state index contributed by atoms with van der Waals surface area (Å²) < 4.78 is 0. The molecule has 2 N–H and O–H groups in total. The molecular weight excluding hydrogens is 198 g/mol. The molecule has 0 bridgehead atoms. The molecule has 0 unspecified atom stereocenters. The van der Waals surface area contributed by atoms with E-state index in [2.05, 4.69) is 11.9 Å². The molecular formula is C14H15NO. The Morgan fingerprint density at radius 1 is 1.00 bits per heavy atom. The van der Waals surface area contributed by atoms with E-state index >= 15 is 0 Å². The van der Waals surface area contributed by atoms with Crippen LogP contribution in [0.2, 0.25) is 0 Å². The van der Waals surface area contributed by atoms with E-state index in [0.29, 0.717) is 5.75 Å². The standard InChI is InChI=1S/C14H15NO/c1-2-11-7-4-3-5-8-12-13(15-11)9-6-10-14(12)16/h3-10,15-16H,2H2,1H3. The molecule has 1 heterocycles. The number of rotatable bonds is 1. The fraction of sp³-hybridized carbons (Fsp3) is 0.143. The Morgan fingerprint density at radius 3 is 2.62 bits per heavy atom. The summed E-state index contributed by atoms with van der Waals surface area (Å²) in [5, 5.41) is 10.6. The monoisotopic (exact) mass is 213 g/mol. The van der Waals surface area contributed by atoms with Crippen LogP contribution in [0.1, 0.15) is 12.6 Å². The lowest BCUT2D eigenvalue weighted by atomic mass is 10.2. The van der Waals surface area contributed by atoms with Crippen LogP contribution in [0.3, 0.4) is 0 Å². The Morgan fingerprint density at radius 2 is 1.81 bits per heavy atom. The van der Waals surface area contributed by atoms with Crippen molar-refractivity contribution in [1.82, 2.24) is 4.98 Å². The summed E-state index contributed by atoms with van der Waals surface area (Å²) in [5.41, 5.74) is 2.07. The van der Waals surface area contributed by atoms with Crippen molar-refractivity contribution in [1.29, 1.82) is 0 Å². The number of aromatic nitrogens is 1. The summed E-state index contributed by atoms with van der Waals surface area (Å²) in [7, 11) is 0. The molecule has 0 saturated carbocycles. The Hall–Kier alpha value is -1.96. The number of nitrogens with one attached hydrogen (secondary N) is 1. The maximum Gasteiger partial charge on any atom is 0.124 e. The van der Waals surface area contributed by atoms with Gasteiger partial charge in [0.05, 0.1) is 0 Å². The second-order valence-corrected chi connectivity index (χ2v) is 3.65. The summed E-state index contributed by atoms with van der Waals surface area (Å²) in [5.74, 6) is 0.298. The van der Waals surface area contributed by atoms with Gasteiger partial charge in [-0.1, -0.05) is 31.2 Å². The van der Waals surface area contributed by atoms with E-state index in [-0.39, 0.29) is 0 Å². The first-order chi connectivity index (χ1) is 7.81. The van der Waals surface area contributed by atoms with Crippen LogP contribution >= 0.6 is 0 Å². The Kier molecular flexibility index (Phi) is 3.10. The molecule has 0 atom stereocenters. The molecule has 0 amide bonds. The van der Waals surface area contributed by atoms with E-state index in [1.807, 2.05) is 42.5 Å². The zero-order valence-electron chi connectivity index (χ0n) is 9.27. The number of aromatic amines is 1. The predicted molar refractivity (Wildman–Crippen MR) is 67.0 cm³/mol. The van der Waals surface area contributed by atoms with Gasteiger partial charge in [0, 0.05) is 16.6 Å². The molecule has 0 saturated heterocycles. The van der Waals surface area contributed by atoms with Gasteiger partial charge in [-0.25, -0.2) is 0 Å². The van der Waals surface area contributed by atoms with Crippen molar-refractivity contribution in [3.05, 3.63) is 54.2 Å². The number of benzene rings is 1. The van der Waals surface area contributed by atoms with Crippen LogP contribution in [0.25, 0.3) is 10.9 Å². The van der Waals surface area contributed by atoms with E-state index in [1.165, 1.54) is 0 Å². The van der Waals surface area contributed by atoms with E-state index in [0.717, 1.165) is 23.0 Å². The van der Waals surface area contributed by atoms with Gasteiger partial charge in [0.15, 0.2) is 0 Å². The van der Waals surface area contributed by atoms with Crippen LogP contribution in [-0.2, 0) is 6.42 Å². The minimum Gasteiger partial charge on any atom is -0.507 e. The first-order valence-corrected chi connectivity index (χ1v) is 5.44. The van der Waals surface area contributed by atoms with E-state index in [9.17, 15) is 5.11 Å². The highest BCUT2D eigenvalue weighted by Gasteiger charge is 1.95. The lowest BCUT2D eigenvalue weighted by Crippen LogP contribution is -1.82. The van der Waals surface area contributed by atoms with E-state index in [1.54, 1.807) is 6.07 Å². The topological polar surface area (TPSA) is 36.0 Å². The minimum atomic E-state index is 0.298. The van der Waals surface area contributed by atoms with Crippen molar-refractivity contribution < 1.29 is 5.11 Å². The molecule has 1 aromatic carbocycles. The molecule has 0 spiro atoms. The maximum atomic E-state index is 9.79. The second-order valence-electron chi connectivity index (χ2n) is 3.65. The Labute approximate surface area is 94.9 Å². The van der Waals surface area contributed by atoms with Crippen LogP contribution in [0.15, 0.2) is 48.5 Å². The number of phenolic OH excluding ortho intramolecular Hbond substituents is 1. The molecule has 0 aliphatic rings. The normalized spacial score (nSPS) is 10.1. The minimum absolute atomic E-state index is 0.298. The van der Waals surface area contributed by atoms with Gasteiger partial charge in [-0.3, -0.25) is 0 Å². The van der Waals surface area contributed by atoms with Crippen LogP contribution in [-0.4, -0.2) is 10.1 Å². The van der Waals surface area contributed by atoms with E-state index in [4.69, 9.17) is 0 Å². The van der Waals surface area contributed by atoms with Crippen molar-refractivity contribution in [3.63, 3.8) is 0 Å². The molecule has 0 aliphatic carbocycles. The number of H-pyrrole nitrogens is 1. The van der Waals surface area contributed by atoms with Crippen molar-refractivity contribution >= 4 is 10.9 Å². The lowest BCUT2D eigenvalue weighted by molar-refractivity contribution is 0.481. The number of aromatic hydroxyl groups is 1. The molecule has 0 radical (unpaired) electrons. The number of aryl methyl sites for hydroxylation is 1. The zero-order valence-corrected chi connectivity index (χ0v) is 9.27. The van der Waals surface area contributed by atoms with Gasteiger partial charge < -0.3 is 10.1 Å². The molecule has 2 heteroatoms. The van der Waals surface area contributed by atoms with Gasteiger partial charge in [-0.05, 0) is 30.7 Å². The van der Waals surface area contributed by atoms with Crippen LogP contribution in [0.4, 0.5) is 0 Å². The zero-order chi connectivity index (χ0) is 11.4. The van der Waals surface area contributed by atoms with Gasteiger partial charge in [0.1, 0.15) is 5.75 Å². The molecule has 0 fully saturated rings. The fourth-order valence-electron chi connectivity index (χ4n) is 1.65. The maximum absolute atomic E-state index is 9.79. The Bertz CT molecular complexity index is 541. The number of hydrogen-bond acceptors (Lipinski definition) is 1. The molecule has 2 rings (SSSR count). The molecule has 0 aliphatic heterocycles. The first-order valence-electron chi connectivity index (χ1n) is 5.44. The molecule has 2 aromatic rings. The third-order valence-electron chi connectivity index (χ3n) is 2.54. The molecule has 2 nitrogen and oxygen atoms in total. The van der Waals surface area contributed by atoms with Crippen LogP contribution in [0, 0.1) is 0 Å². The third kappa shape index (κ3) is 2.16. The van der Waals surface area contributed by atoms with Crippen molar-refractivity contribution in [2.24, 2.45) is 0 Å². The third-order valence-corrected chi connectivity index (χ3v) is 2.54.